The molecule has 0 aliphatic heterocycles. The van der Waals surface area contributed by atoms with Gasteiger partial charge in [-0.1, -0.05) is 11.4 Å². The maximum Gasteiger partial charge on any atom is 0.324 e. The summed E-state index contributed by atoms with van der Waals surface area (Å²) in [5, 5.41) is 10.1. The Hall–Kier alpha value is -0.905. The highest BCUT2D eigenvalue weighted by Gasteiger charge is 2.13. The molecule has 0 saturated heterocycles. The van der Waals surface area contributed by atoms with Crippen molar-refractivity contribution in [3.05, 3.63) is 32.2 Å². The number of allylic oxidation sites excluding steroid dienone is 1. The summed E-state index contributed by atoms with van der Waals surface area (Å²) >= 11 is 0.755. The van der Waals surface area contributed by atoms with Crippen LogP contribution in [0.3, 0.4) is 0 Å². The van der Waals surface area contributed by atoms with Gasteiger partial charge in [-0.15, -0.1) is 0 Å². The van der Waals surface area contributed by atoms with Gasteiger partial charge in [0.15, 0.2) is 0 Å². The molecule has 0 aromatic carbocycles. The first kappa shape index (κ1) is 10.1. The molecule has 2 N–H and O–H groups in total. The average molecular weight is 170 g/mol. The van der Waals surface area contributed by atoms with E-state index in [2.05, 4.69) is 6.58 Å². The van der Waals surface area contributed by atoms with Crippen LogP contribution < -0.4 is 5.73 Å². The van der Waals surface area contributed by atoms with E-state index in [4.69, 9.17) is 13.6 Å². The van der Waals surface area contributed by atoms with Gasteiger partial charge < -0.3 is 5.73 Å². The van der Waals surface area contributed by atoms with Gasteiger partial charge in [0.25, 0.3) is 0 Å². The third-order valence-corrected chi connectivity index (χ3v) is 1.66. The molecular formula is C5H7BN2O2S. The first-order chi connectivity index (χ1) is 4.95. The van der Waals surface area contributed by atoms with Crippen molar-refractivity contribution in [2.45, 2.75) is 6.92 Å². The van der Waals surface area contributed by atoms with Crippen LogP contribution in [0.5, 0.6) is 0 Å². The maximum absolute atomic E-state index is 10.2. The van der Waals surface area contributed by atoms with Gasteiger partial charge in [0, 0.05) is 0 Å². The molecule has 0 fully saturated rings. The molecule has 0 aliphatic carbocycles. The molecule has 0 aliphatic rings. The van der Waals surface area contributed by atoms with Crippen LogP contribution in [0.2, 0.25) is 0 Å². The zero-order chi connectivity index (χ0) is 9.02. The van der Waals surface area contributed by atoms with Crippen molar-refractivity contribution in [2.75, 3.05) is 0 Å². The van der Waals surface area contributed by atoms with Crippen molar-refractivity contribution in [3.63, 3.8) is 0 Å². The summed E-state index contributed by atoms with van der Waals surface area (Å²) in [4.78, 5) is 9.80. The molecule has 0 heterocycles. The second-order valence-electron chi connectivity index (χ2n) is 1.81. The lowest BCUT2D eigenvalue weighted by Gasteiger charge is -1.98. The minimum absolute atomic E-state index is 0.131. The molecule has 0 unspecified atom stereocenters. The molecule has 0 spiro atoms. The molecule has 0 saturated carbocycles. The lowest BCUT2D eigenvalue weighted by Crippen LogP contribution is -2.04. The van der Waals surface area contributed by atoms with E-state index >= 15 is 0 Å². The van der Waals surface area contributed by atoms with Crippen LogP contribution in [0.1, 0.15) is 6.92 Å². The molecule has 0 amide bonds. The summed E-state index contributed by atoms with van der Waals surface area (Å²) in [5.41, 5.74) is 5.34. The first-order valence-electron chi connectivity index (χ1n) is 2.68. The monoisotopic (exact) mass is 170 g/mol. The third kappa shape index (κ3) is 3.72. The first-order valence-corrected chi connectivity index (χ1v) is 3.49. The van der Waals surface area contributed by atoms with Gasteiger partial charge in [-0.2, -0.15) is 0 Å². The maximum atomic E-state index is 10.2. The van der Waals surface area contributed by atoms with E-state index in [1.807, 2.05) is 0 Å². The molecule has 6 heteroatoms. The molecule has 0 bridgehead atoms. The van der Waals surface area contributed by atoms with Gasteiger partial charge in [0.05, 0.1) is 10.6 Å². The smallest absolute Gasteiger partial charge is 0.324 e. The van der Waals surface area contributed by atoms with Crippen LogP contribution in [-0.2, 0) is 0 Å². The number of rotatable bonds is 3. The summed E-state index contributed by atoms with van der Waals surface area (Å²) in [7, 11) is 5.14. The predicted octanol–water partition coefficient (Wildman–Crippen LogP) is 0.784. The number of nitro groups is 1. The molecule has 4 nitrogen and oxygen atoms in total. The van der Waals surface area contributed by atoms with E-state index in [0.29, 0.717) is 0 Å². The molecule has 0 rings (SSSR count). The van der Waals surface area contributed by atoms with Crippen molar-refractivity contribution < 1.29 is 4.92 Å². The second kappa shape index (κ2) is 4.07. The Bertz CT molecular complexity index is 223. The van der Waals surface area contributed by atoms with E-state index in [-0.39, 0.29) is 15.5 Å². The van der Waals surface area contributed by atoms with Gasteiger partial charge in [-0.3, -0.25) is 10.1 Å². The van der Waals surface area contributed by atoms with Crippen LogP contribution in [0, 0.1) is 10.1 Å². The van der Waals surface area contributed by atoms with Gasteiger partial charge in [-0.05, 0) is 18.7 Å². The normalized spacial score (nSPS) is 12.1. The van der Waals surface area contributed by atoms with Gasteiger partial charge in [0.1, 0.15) is 7.85 Å². The fraction of sp³-hybridized carbons (Fsp3) is 0.200. The SMILES string of the molecule is [B]C(=C)S/C(=C(/C)N)[N+](=O)[O-]. The minimum Gasteiger partial charge on any atom is -0.396 e. The lowest BCUT2D eigenvalue weighted by molar-refractivity contribution is -0.411. The highest BCUT2D eigenvalue weighted by Crippen LogP contribution is 2.23. The lowest BCUT2D eigenvalue weighted by atomic mass is 10.2. The summed E-state index contributed by atoms with van der Waals surface area (Å²) in [6, 6.07) is 0. The van der Waals surface area contributed by atoms with E-state index in [1.165, 1.54) is 6.92 Å². The summed E-state index contributed by atoms with van der Waals surface area (Å²) in [6.07, 6.45) is 0. The largest absolute Gasteiger partial charge is 0.396 e. The quantitative estimate of drug-likeness (QED) is 0.386. The van der Waals surface area contributed by atoms with E-state index in [0.717, 1.165) is 11.8 Å². The zero-order valence-electron chi connectivity index (χ0n) is 6.03. The van der Waals surface area contributed by atoms with Gasteiger partial charge in [0.2, 0.25) is 0 Å². The standard InChI is InChI=1S/C5H7BN2O2S/c1-3(7)5(8(9)10)11-4(2)6/h2,7H2,1H3/b5-3-. The van der Waals surface area contributed by atoms with Gasteiger partial charge >= 0.3 is 5.03 Å². The van der Waals surface area contributed by atoms with Crippen molar-refractivity contribution in [3.8, 4) is 0 Å². The molecule has 0 atom stereocenters. The van der Waals surface area contributed by atoms with Crippen LogP contribution >= 0.6 is 11.8 Å². The Balaban J connectivity index is 4.52. The van der Waals surface area contributed by atoms with Crippen LogP contribution in [0.4, 0.5) is 0 Å². The van der Waals surface area contributed by atoms with Gasteiger partial charge in [-0.25, -0.2) is 0 Å². The van der Waals surface area contributed by atoms with Crippen molar-refractivity contribution in [2.24, 2.45) is 5.73 Å². The topological polar surface area (TPSA) is 69.2 Å². The predicted molar refractivity (Wildman–Crippen MR) is 46.4 cm³/mol. The van der Waals surface area contributed by atoms with E-state index < -0.39 is 4.92 Å². The Kier molecular flexibility index (Phi) is 3.74. The zero-order valence-corrected chi connectivity index (χ0v) is 6.85. The Morgan fingerprint density at radius 3 is 2.36 bits per heavy atom. The fourth-order valence-electron chi connectivity index (χ4n) is 0.386. The van der Waals surface area contributed by atoms with E-state index in [9.17, 15) is 10.1 Å². The molecule has 11 heavy (non-hydrogen) atoms. The van der Waals surface area contributed by atoms with Crippen LogP contribution in [-0.4, -0.2) is 12.8 Å². The van der Waals surface area contributed by atoms with Crippen molar-refractivity contribution >= 4 is 19.6 Å². The Morgan fingerprint density at radius 2 is 2.27 bits per heavy atom. The highest BCUT2D eigenvalue weighted by molar-refractivity contribution is 8.07. The number of hydrogen-bond donors (Lipinski definition) is 1. The van der Waals surface area contributed by atoms with E-state index in [1.54, 1.807) is 0 Å². The third-order valence-electron chi connectivity index (χ3n) is 0.731. The summed E-state index contributed by atoms with van der Waals surface area (Å²) in [6.45, 7) is 4.74. The second-order valence-corrected chi connectivity index (χ2v) is 2.93. The minimum atomic E-state index is -0.585. The summed E-state index contributed by atoms with van der Waals surface area (Å²) < 4.78 is 0. The Morgan fingerprint density at radius 1 is 1.82 bits per heavy atom. The Labute approximate surface area is 70.1 Å². The number of nitrogens with zero attached hydrogens (tertiary/aromatic N) is 1. The molecular weight excluding hydrogens is 163 g/mol. The fourth-order valence-corrected chi connectivity index (χ4v) is 0.870. The molecule has 58 valence electrons. The van der Waals surface area contributed by atoms with Crippen LogP contribution in [0.25, 0.3) is 0 Å². The highest BCUT2D eigenvalue weighted by atomic mass is 32.2. The molecule has 0 aromatic rings. The number of nitrogens with two attached hydrogens (primary N) is 1. The molecule has 2 radical (unpaired) electrons. The number of thioether (sulfide) groups is 1. The average Bonchev–Trinajstić information content (AvgIpc) is 1.81. The number of hydrogen-bond acceptors (Lipinski definition) is 4. The van der Waals surface area contributed by atoms with Crippen molar-refractivity contribution in [1.29, 1.82) is 0 Å². The van der Waals surface area contributed by atoms with Crippen LogP contribution in [0.15, 0.2) is 22.1 Å². The van der Waals surface area contributed by atoms with Crippen molar-refractivity contribution in [1.82, 2.24) is 0 Å². The summed E-state index contributed by atoms with van der Waals surface area (Å²) in [5.74, 6) is 0. The molecule has 0 aromatic heterocycles.